The molecule has 2 aliphatic rings. The molecule has 0 fully saturated rings. The summed E-state index contributed by atoms with van der Waals surface area (Å²) in [7, 11) is 9.26. The Bertz CT molecular complexity index is 1930. The quantitative estimate of drug-likeness (QED) is 0.0437. The molecule has 2 aliphatic carbocycles. The summed E-state index contributed by atoms with van der Waals surface area (Å²) >= 11 is 0. The van der Waals surface area contributed by atoms with Crippen molar-refractivity contribution in [2.45, 2.75) is 134 Å². The molecule has 0 aliphatic heterocycles. The molecule has 5 unspecified atom stereocenters. The summed E-state index contributed by atoms with van der Waals surface area (Å²) < 4.78 is 5.81. The molecule has 3 radical (unpaired) electrons. The highest BCUT2D eigenvalue weighted by molar-refractivity contribution is 7.39. The zero-order valence-electron chi connectivity index (χ0n) is 34.6. The molecular formula is C49H64B2O3P. The van der Waals surface area contributed by atoms with Crippen molar-refractivity contribution in [3.63, 3.8) is 0 Å². The molecule has 0 bridgehead atoms. The van der Waals surface area contributed by atoms with E-state index in [1.165, 1.54) is 113 Å². The summed E-state index contributed by atoms with van der Waals surface area (Å²) in [4.78, 5) is 0. The van der Waals surface area contributed by atoms with Gasteiger partial charge in [0.15, 0.2) is 0 Å². The Morgan fingerprint density at radius 1 is 0.691 bits per heavy atom. The topological polar surface area (TPSA) is 49.7 Å². The lowest BCUT2D eigenvalue weighted by Gasteiger charge is -2.38. The largest absolute Gasteiger partial charge is 0.432 e. The van der Waals surface area contributed by atoms with Crippen molar-refractivity contribution >= 4 is 34.8 Å². The van der Waals surface area contributed by atoms with E-state index in [-0.39, 0.29) is 30.7 Å². The predicted octanol–water partition coefficient (Wildman–Crippen LogP) is 10.0. The molecule has 0 amide bonds. The first-order valence-electron chi connectivity index (χ1n) is 21.4. The first-order valence-corrected chi connectivity index (χ1v) is 22.7. The van der Waals surface area contributed by atoms with Gasteiger partial charge in [-0.1, -0.05) is 177 Å². The van der Waals surface area contributed by atoms with Crippen LogP contribution in [0.5, 0.6) is 0 Å². The first kappa shape index (κ1) is 41.9. The van der Waals surface area contributed by atoms with Gasteiger partial charge >= 0.3 is 7.48 Å². The van der Waals surface area contributed by atoms with Gasteiger partial charge in [-0.3, -0.25) is 0 Å². The molecule has 1 spiro atoms. The second kappa shape index (κ2) is 18.3. The van der Waals surface area contributed by atoms with Gasteiger partial charge in [-0.25, -0.2) is 0 Å². The summed E-state index contributed by atoms with van der Waals surface area (Å²) in [5, 5.41) is 19.4. The van der Waals surface area contributed by atoms with Crippen molar-refractivity contribution in [1.82, 2.24) is 0 Å². The van der Waals surface area contributed by atoms with Crippen LogP contribution in [0.4, 0.5) is 0 Å². The van der Waals surface area contributed by atoms with E-state index in [1.54, 1.807) is 7.48 Å². The zero-order chi connectivity index (χ0) is 39.2. The van der Waals surface area contributed by atoms with Crippen LogP contribution in [0.1, 0.15) is 146 Å². The number of aliphatic hydroxyl groups excluding tert-OH is 2. The molecule has 4 aromatic rings. The van der Waals surface area contributed by atoms with Crippen LogP contribution in [-0.4, -0.2) is 57.2 Å². The number of aliphatic hydroxyl groups is 2. The van der Waals surface area contributed by atoms with Crippen molar-refractivity contribution in [2.24, 2.45) is 0 Å². The van der Waals surface area contributed by atoms with E-state index in [4.69, 9.17) is 12.5 Å². The van der Waals surface area contributed by atoms with Crippen LogP contribution in [0.15, 0.2) is 72.8 Å². The van der Waals surface area contributed by atoms with E-state index < -0.39 is 5.41 Å². The molecule has 55 heavy (non-hydrogen) atoms. The van der Waals surface area contributed by atoms with Gasteiger partial charge in [-0.15, -0.1) is 8.58 Å². The Balaban J connectivity index is 1.62. The lowest BCUT2D eigenvalue weighted by atomic mass is 9.66. The van der Waals surface area contributed by atoms with Crippen LogP contribution in [0.25, 0.3) is 22.3 Å². The standard InChI is InChI=1S/C49H64B2O3P/c1-7-10-12-14-24-47(5,9-3)35-16-20-39-40-21-17-36(48(6,25-15-13-11-8-2)34(4)55-29-27-53)31-44(40)49(43(39)30-35)45-32-37(50)18-22-41(45)42-23-19-38(33-46(42)49)51-54-28-26-52/h16-23,30-34,52-53,55H,7-15,24-29H2,1-6H3. The molecule has 5 atom stereocenters. The highest BCUT2D eigenvalue weighted by Crippen LogP contribution is 2.63. The van der Waals surface area contributed by atoms with Gasteiger partial charge in [0.25, 0.3) is 0 Å². The molecule has 6 rings (SSSR count). The normalized spacial score (nSPS) is 18.2. The Hall–Kier alpha value is -2.68. The molecule has 0 heterocycles. The Morgan fingerprint density at radius 3 is 1.87 bits per heavy atom. The lowest BCUT2D eigenvalue weighted by Crippen LogP contribution is -2.34. The van der Waals surface area contributed by atoms with Crippen molar-refractivity contribution in [3.8, 4) is 22.3 Å². The second-order valence-corrected chi connectivity index (χ2v) is 18.7. The highest BCUT2D eigenvalue weighted by atomic mass is 31.1. The highest BCUT2D eigenvalue weighted by Gasteiger charge is 2.53. The van der Waals surface area contributed by atoms with Crippen molar-refractivity contribution in [1.29, 1.82) is 0 Å². The number of fused-ring (bicyclic) bond motifs is 10. The molecule has 289 valence electrons. The van der Waals surface area contributed by atoms with Gasteiger partial charge in [0.2, 0.25) is 0 Å². The van der Waals surface area contributed by atoms with Crippen LogP contribution in [-0.2, 0) is 20.9 Å². The summed E-state index contributed by atoms with van der Waals surface area (Å²) in [6, 6.07) is 28.1. The average molecular weight is 754 g/mol. The Labute approximate surface area is 337 Å². The minimum atomic E-state index is -0.561. The molecule has 0 saturated carbocycles. The van der Waals surface area contributed by atoms with E-state index in [2.05, 4.69) is 114 Å². The first-order chi connectivity index (χ1) is 26.6. The van der Waals surface area contributed by atoms with Crippen molar-refractivity contribution in [2.75, 3.05) is 26.0 Å². The van der Waals surface area contributed by atoms with Gasteiger partial charge in [0.05, 0.1) is 18.6 Å². The predicted molar refractivity (Wildman–Crippen MR) is 239 cm³/mol. The van der Waals surface area contributed by atoms with E-state index >= 15 is 0 Å². The fraction of sp³-hybridized carbons (Fsp3) is 0.510. The molecule has 6 heteroatoms. The third-order valence-electron chi connectivity index (χ3n) is 13.5. The Kier molecular flexibility index (Phi) is 13.9. The minimum absolute atomic E-state index is 0.0223. The maximum Gasteiger partial charge on any atom is 0.330 e. The fourth-order valence-corrected chi connectivity index (χ4v) is 11.1. The molecule has 2 N–H and O–H groups in total. The number of hydrogen-bond donors (Lipinski definition) is 2. The Morgan fingerprint density at radius 2 is 1.25 bits per heavy atom. The van der Waals surface area contributed by atoms with Gasteiger partial charge < -0.3 is 14.9 Å². The van der Waals surface area contributed by atoms with Gasteiger partial charge in [-0.05, 0) is 97.5 Å². The SMILES string of the molecule is [B]c1ccc2c(c1)C1(c3cc([B]OCCO)ccc3-2)c2cc(C(C)(CC)CCCCCC)ccc2-c2ccc(C(C)(CCCCCC)C(C)PCCO)cc21. The van der Waals surface area contributed by atoms with Crippen LogP contribution in [0, 0.1) is 0 Å². The van der Waals surface area contributed by atoms with E-state index in [1.807, 2.05) is 0 Å². The molecule has 0 saturated heterocycles. The summed E-state index contributed by atoms with van der Waals surface area (Å²) in [5.74, 6) is 0. The van der Waals surface area contributed by atoms with E-state index in [9.17, 15) is 10.2 Å². The van der Waals surface area contributed by atoms with Gasteiger partial charge in [0.1, 0.15) is 7.85 Å². The maximum absolute atomic E-state index is 9.90. The van der Waals surface area contributed by atoms with Crippen molar-refractivity contribution < 1.29 is 14.9 Å². The van der Waals surface area contributed by atoms with Crippen LogP contribution in [0.3, 0.4) is 0 Å². The third-order valence-corrected chi connectivity index (χ3v) is 15.3. The van der Waals surface area contributed by atoms with Gasteiger partial charge in [0, 0.05) is 6.61 Å². The summed E-state index contributed by atoms with van der Waals surface area (Å²) in [6.45, 7) is 14.8. The average Bonchev–Trinajstić information content (AvgIpc) is 3.65. The monoisotopic (exact) mass is 753 g/mol. The number of benzene rings is 4. The smallest absolute Gasteiger partial charge is 0.330 e. The fourth-order valence-electron chi connectivity index (χ4n) is 9.78. The molecular weight excluding hydrogens is 689 g/mol. The molecule has 3 nitrogen and oxygen atoms in total. The maximum atomic E-state index is 9.90. The number of rotatable bonds is 21. The third kappa shape index (κ3) is 7.95. The van der Waals surface area contributed by atoms with E-state index in [0.717, 1.165) is 29.9 Å². The van der Waals surface area contributed by atoms with Crippen LogP contribution in [0.2, 0.25) is 0 Å². The molecule has 4 aromatic carbocycles. The zero-order valence-corrected chi connectivity index (χ0v) is 35.6. The van der Waals surface area contributed by atoms with Crippen LogP contribution < -0.4 is 10.9 Å². The van der Waals surface area contributed by atoms with Crippen LogP contribution >= 0.6 is 8.58 Å². The lowest BCUT2D eigenvalue weighted by molar-refractivity contribution is 0.209. The minimum Gasteiger partial charge on any atom is -0.432 e. The van der Waals surface area contributed by atoms with Crippen molar-refractivity contribution in [3.05, 3.63) is 106 Å². The number of hydrogen-bond acceptors (Lipinski definition) is 3. The summed E-state index contributed by atoms with van der Waals surface area (Å²) in [6.07, 6.45) is 14.2. The summed E-state index contributed by atoms with van der Waals surface area (Å²) in [5.41, 5.74) is 14.8. The molecule has 0 aromatic heterocycles. The number of unbranched alkanes of at least 4 members (excludes halogenated alkanes) is 6. The van der Waals surface area contributed by atoms with E-state index in [0.29, 0.717) is 14.2 Å². The second-order valence-electron chi connectivity index (χ2n) is 16.9. The van der Waals surface area contributed by atoms with Gasteiger partial charge in [-0.2, -0.15) is 0 Å².